The Balaban J connectivity index is 1.84. The van der Waals surface area contributed by atoms with Crippen molar-refractivity contribution in [2.24, 2.45) is 14.1 Å². The number of halogens is 1. The van der Waals surface area contributed by atoms with E-state index < -0.39 is 5.41 Å². The maximum atomic E-state index is 12.8. The second-order valence-corrected chi connectivity index (χ2v) is 9.40. The molecule has 0 amide bonds. The van der Waals surface area contributed by atoms with Gasteiger partial charge in [0.25, 0.3) is 5.56 Å². The van der Waals surface area contributed by atoms with Gasteiger partial charge in [0.05, 0.1) is 23.0 Å². The molecule has 5 aromatic rings. The molecule has 3 aromatic heterocycles. The van der Waals surface area contributed by atoms with Crippen molar-refractivity contribution in [1.29, 1.82) is 0 Å². The molecule has 0 aliphatic heterocycles. The van der Waals surface area contributed by atoms with Crippen molar-refractivity contribution < 1.29 is 0 Å². The molecule has 0 aliphatic rings. The van der Waals surface area contributed by atoms with Crippen LogP contribution in [0.5, 0.6) is 0 Å². The van der Waals surface area contributed by atoms with Crippen molar-refractivity contribution >= 4 is 22.5 Å². The topological polar surface area (TPSA) is 52.7 Å². The molecule has 0 saturated carbocycles. The number of nitrogens with zero attached hydrogens (tertiary/aromatic N) is 4. The summed E-state index contributed by atoms with van der Waals surface area (Å²) in [4.78, 5) is 21.6. The quantitative estimate of drug-likeness (QED) is 0.342. The second-order valence-electron chi connectivity index (χ2n) is 8.96. The highest BCUT2D eigenvalue weighted by molar-refractivity contribution is 6.30. The van der Waals surface area contributed by atoms with Gasteiger partial charge in [-0.05, 0) is 66.4 Å². The van der Waals surface area contributed by atoms with Gasteiger partial charge in [-0.2, -0.15) is 0 Å². The fourth-order valence-corrected chi connectivity index (χ4v) is 4.92. The average molecular weight is 469 g/mol. The standard InChI is InChI=1S/C28H25ClN4O/c1-18-11-19(15-30-14-18)23-13-27(34)33(4)25-10-7-21(12-24(23)25)28(2,26-16-31-17-32(26)3)20-5-8-22(29)9-6-20/h5-17H,1-4H3/t28-/m0/s1. The molecule has 0 bridgehead atoms. The maximum Gasteiger partial charge on any atom is 0.251 e. The van der Waals surface area contributed by atoms with E-state index >= 15 is 0 Å². The fraction of sp³-hybridized carbons (Fsp3) is 0.179. The molecule has 0 spiro atoms. The summed E-state index contributed by atoms with van der Waals surface area (Å²) in [6.45, 7) is 4.20. The summed E-state index contributed by atoms with van der Waals surface area (Å²) < 4.78 is 3.74. The Hall–Kier alpha value is -3.70. The van der Waals surface area contributed by atoms with E-state index in [9.17, 15) is 4.79 Å². The third-order valence-corrected chi connectivity index (χ3v) is 7.01. The van der Waals surface area contributed by atoms with E-state index in [-0.39, 0.29) is 5.56 Å². The van der Waals surface area contributed by atoms with Gasteiger partial charge in [-0.15, -0.1) is 0 Å². The molecule has 0 aliphatic carbocycles. The van der Waals surface area contributed by atoms with E-state index in [1.807, 2.05) is 68.7 Å². The van der Waals surface area contributed by atoms with Gasteiger partial charge in [0.1, 0.15) is 0 Å². The van der Waals surface area contributed by atoms with E-state index in [0.717, 1.165) is 44.4 Å². The number of aromatic nitrogens is 4. The van der Waals surface area contributed by atoms with E-state index in [1.165, 1.54) is 0 Å². The van der Waals surface area contributed by atoms with Gasteiger partial charge in [-0.3, -0.25) is 9.78 Å². The first-order valence-corrected chi connectivity index (χ1v) is 11.5. The van der Waals surface area contributed by atoms with Crippen LogP contribution in [0, 0.1) is 6.92 Å². The Morgan fingerprint density at radius 3 is 2.29 bits per heavy atom. The lowest BCUT2D eigenvalue weighted by Crippen LogP contribution is -2.28. The lowest BCUT2D eigenvalue weighted by Gasteiger charge is -2.32. The molecule has 0 saturated heterocycles. The van der Waals surface area contributed by atoms with Gasteiger partial charge in [-0.1, -0.05) is 29.8 Å². The molecule has 3 heterocycles. The molecule has 5 nitrogen and oxygen atoms in total. The summed E-state index contributed by atoms with van der Waals surface area (Å²) in [6, 6.07) is 18.0. The SMILES string of the molecule is Cc1cncc(-c2cc(=O)n(C)c3ccc([C@](C)(c4ccc(Cl)cc4)c4cncn4C)cc23)c1. The third kappa shape index (κ3) is 3.53. The molecule has 1 atom stereocenters. The van der Waals surface area contributed by atoms with E-state index in [1.54, 1.807) is 10.6 Å². The molecule has 0 N–H and O–H groups in total. The minimum absolute atomic E-state index is 0.0520. The van der Waals surface area contributed by atoms with Crippen molar-refractivity contribution in [3.63, 3.8) is 0 Å². The third-order valence-electron chi connectivity index (χ3n) is 6.76. The summed E-state index contributed by atoms with van der Waals surface area (Å²) >= 11 is 6.22. The Kier molecular flexibility index (Phi) is 5.37. The van der Waals surface area contributed by atoms with Crippen LogP contribution in [0.1, 0.15) is 29.3 Å². The largest absolute Gasteiger partial charge is 0.337 e. The number of imidazole rings is 1. The van der Waals surface area contributed by atoms with Crippen LogP contribution < -0.4 is 5.56 Å². The summed E-state index contributed by atoms with van der Waals surface area (Å²) in [6.07, 6.45) is 7.36. The molecule has 34 heavy (non-hydrogen) atoms. The monoisotopic (exact) mass is 468 g/mol. The number of hydrogen-bond donors (Lipinski definition) is 0. The maximum absolute atomic E-state index is 12.8. The van der Waals surface area contributed by atoms with Gasteiger partial charge in [-0.25, -0.2) is 4.98 Å². The zero-order valence-electron chi connectivity index (χ0n) is 19.6. The summed E-state index contributed by atoms with van der Waals surface area (Å²) in [5.41, 5.74) is 6.41. The molecule has 0 unspecified atom stereocenters. The van der Waals surface area contributed by atoms with Crippen molar-refractivity contribution in [2.75, 3.05) is 0 Å². The fourth-order valence-electron chi connectivity index (χ4n) is 4.80. The Morgan fingerprint density at radius 2 is 1.62 bits per heavy atom. The predicted octanol–water partition coefficient (Wildman–Crippen LogP) is 5.65. The first-order chi connectivity index (χ1) is 16.3. The lowest BCUT2D eigenvalue weighted by molar-refractivity contribution is 0.626. The van der Waals surface area contributed by atoms with Crippen molar-refractivity contribution in [1.82, 2.24) is 19.1 Å². The normalized spacial score (nSPS) is 13.2. The number of benzene rings is 2. The van der Waals surface area contributed by atoms with Crippen LogP contribution in [0.15, 0.2) is 84.3 Å². The minimum Gasteiger partial charge on any atom is -0.337 e. The first-order valence-electron chi connectivity index (χ1n) is 11.1. The number of hydrogen-bond acceptors (Lipinski definition) is 3. The zero-order valence-corrected chi connectivity index (χ0v) is 20.3. The molecular formula is C28H25ClN4O. The van der Waals surface area contributed by atoms with Gasteiger partial charge in [0.2, 0.25) is 0 Å². The Morgan fingerprint density at radius 1 is 0.882 bits per heavy atom. The van der Waals surface area contributed by atoms with Crippen LogP contribution in [-0.4, -0.2) is 19.1 Å². The number of fused-ring (bicyclic) bond motifs is 1. The molecule has 170 valence electrons. The predicted molar refractivity (Wildman–Crippen MR) is 137 cm³/mol. The van der Waals surface area contributed by atoms with Gasteiger partial charge in [0.15, 0.2) is 0 Å². The highest BCUT2D eigenvalue weighted by Crippen LogP contribution is 2.41. The van der Waals surface area contributed by atoms with Crippen LogP contribution in [0.4, 0.5) is 0 Å². The van der Waals surface area contributed by atoms with Crippen molar-refractivity contribution in [3.8, 4) is 11.1 Å². The second kappa shape index (κ2) is 8.26. The lowest BCUT2D eigenvalue weighted by atomic mass is 9.73. The zero-order chi connectivity index (χ0) is 24.0. The van der Waals surface area contributed by atoms with Crippen LogP contribution in [0.2, 0.25) is 5.02 Å². The molecule has 0 fully saturated rings. The molecular weight excluding hydrogens is 444 g/mol. The van der Waals surface area contributed by atoms with Crippen LogP contribution in [0.25, 0.3) is 22.0 Å². The molecule has 0 radical (unpaired) electrons. The highest BCUT2D eigenvalue weighted by atomic mass is 35.5. The number of rotatable bonds is 4. The summed E-state index contributed by atoms with van der Waals surface area (Å²) in [5.74, 6) is 0. The highest BCUT2D eigenvalue weighted by Gasteiger charge is 2.34. The summed E-state index contributed by atoms with van der Waals surface area (Å²) in [7, 11) is 3.81. The van der Waals surface area contributed by atoms with Gasteiger partial charge < -0.3 is 9.13 Å². The Bertz CT molecular complexity index is 1580. The minimum atomic E-state index is -0.499. The van der Waals surface area contributed by atoms with Crippen molar-refractivity contribution in [3.05, 3.63) is 117 Å². The van der Waals surface area contributed by atoms with Gasteiger partial charge >= 0.3 is 0 Å². The van der Waals surface area contributed by atoms with Crippen LogP contribution in [-0.2, 0) is 19.5 Å². The van der Waals surface area contributed by atoms with Gasteiger partial charge in [0, 0.05) is 54.7 Å². The molecule has 6 heteroatoms. The average Bonchev–Trinajstić information content (AvgIpc) is 3.27. The first kappa shape index (κ1) is 22.1. The number of pyridine rings is 2. The van der Waals surface area contributed by atoms with Crippen LogP contribution in [0.3, 0.4) is 0 Å². The molecule has 2 aromatic carbocycles. The van der Waals surface area contributed by atoms with E-state index in [2.05, 4.69) is 47.2 Å². The van der Waals surface area contributed by atoms with E-state index in [0.29, 0.717) is 5.02 Å². The van der Waals surface area contributed by atoms with E-state index in [4.69, 9.17) is 11.6 Å². The summed E-state index contributed by atoms with van der Waals surface area (Å²) in [5, 5.41) is 1.69. The Labute approximate surface area is 203 Å². The van der Waals surface area contributed by atoms with Crippen LogP contribution >= 0.6 is 11.6 Å². The smallest absolute Gasteiger partial charge is 0.251 e. The molecule has 5 rings (SSSR count). The number of aryl methyl sites for hydroxylation is 3. The van der Waals surface area contributed by atoms with Crippen molar-refractivity contribution in [2.45, 2.75) is 19.3 Å².